The van der Waals surface area contributed by atoms with Crippen LogP contribution in [0, 0.1) is 0 Å². The van der Waals surface area contributed by atoms with Crippen LogP contribution in [0.3, 0.4) is 0 Å². The molecular formula is C13H13ClN4OS. The zero-order chi connectivity index (χ0) is 14.1. The first-order valence-electron chi connectivity index (χ1n) is 6.08. The third-order valence-corrected chi connectivity index (χ3v) is 4.31. The average Bonchev–Trinajstić information content (AvgIpc) is 2.98. The fraction of sp³-hybridized carbons (Fsp3) is 0.231. The van der Waals surface area contributed by atoms with Crippen molar-refractivity contribution in [3.8, 4) is 5.88 Å². The van der Waals surface area contributed by atoms with Gasteiger partial charge in [0.15, 0.2) is 5.65 Å². The Morgan fingerprint density at radius 1 is 1.30 bits per heavy atom. The number of pyridine rings is 1. The van der Waals surface area contributed by atoms with E-state index in [-0.39, 0.29) is 0 Å². The summed E-state index contributed by atoms with van der Waals surface area (Å²) in [5, 5.41) is 0. The molecule has 0 aliphatic rings. The first-order valence-corrected chi connectivity index (χ1v) is 7.28. The molecule has 0 atom stereocenters. The second-order valence-corrected chi connectivity index (χ2v) is 6.07. The first-order chi connectivity index (χ1) is 9.67. The van der Waals surface area contributed by atoms with Crippen molar-refractivity contribution in [2.24, 2.45) is 0 Å². The van der Waals surface area contributed by atoms with E-state index in [1.807, 2.05) is 22.8 Å². The Morgan fingerprint density at radius 3 is 2.85 bits per heavy atom. The maximum atomic E-state index is 5.96. The molecule has 2 N–H and O–H groups in total. The van der Waals surface area contributed by atoms with Gasteiger partial charge in [0.25, 0.3) is 0 Å². The van der Waals surface area contributed by atoms with E-state index in [4.69, 9.17) is 22.1 Å². The van der Waals surface area contributed by atoms with E-state index in [1.54, 1.807) is 24.5 Å². The summed E-state index contributed by atoms with van der Waals surface area (Å²) in [6.07, 6.45) is 0.839. The highest BCUT2D eigenvalue weighted by molar-refractivity contribution is 7.16. The Morgan fingerprint density at radius 2 is 2.15 bits per heavy atom. The van der Waals surface area contributed by atoms with Gasteiger partial charge in [-0.25, -0.2) is 4.98 Å². The van der Waals surface area contributed by atoms with Gasteiger partial charge in [0.2, 0.25) is 11.8 Å². The highest BCUT2D eigenvalue weighted by Crippen LogP contribution is 2.24. The maximum absolute atomic E-state index is 5.96. The molecule has 0 saturated carbocycles. The normalized spacial score (nSPS) is 11.1. The summed E-state index contributed by atoms with van der Waals surface area (Å²) in [4.78, 5) is 9.92. The van der Waals surface area contributed by atoms with Crippen LogP contribution in [0.1, 0.15) is 4.88 Å². The van der Waals surface area contributed by atoms with Crippen molar-refractivity contribution in [1.82, 2.24) is 14.5 Å². The van der Waals surface area contributed by atoms with Gasteiger partial charge in [-0.3, -0.25) is 4.57 Å². The molecule has 0 aliphatic carbocycles. The van der Waals surface area contributed by atoms with Crippen LogP contribution in [0.5, 0.6) is 5.88 Å². The molecule has 0 bridgehead atoms. The Bertz CT molecular complexity index is 752. The Hall–Kier alpha value is -1.79. The highest BCUT2D eigenvalue weighted by Gasteiger charge is 2.11. The maximum Gasteiger partial charge on any atom is 0.215 e. The van der Waals surface area contributed by atoms with Crippen LogP contribution < -0.4 is 10.5 Å². The van der Waals surface area contributed by atoms with Crippen molar-refractivity contribution < 1.29 is 4.74 Å². The number of halogens is 1. The minimum atomic E-state index is 0.461. The zero-order valence-electron chi connectivity index (χ0n) is 10.8. The molecular weight excluding hydrogens is 296 g/mol. The number of fused-ring (bicyclic) bond motifs is 1. The van der Waals surface area contributed by atoms with Crippen molar-refractivity contribution in [2.75, 3.05) is 12.8 Å². The molecule has 0 spiro atoms. The minimum absolute atomic E-state index is 0.461. The lowest BCUT2D eigenvalue weighted by atomic mass is 10.3. The summed E-state index contributed by atoms with van der Waals surface area (Å²) in [6.45, 7) is 0.708. The smallest absolute Gasteiger partial charge is 0.215 e. The van der Waals surface area contributed by atoms with E-state index in [2.05, 4.69) is 9.97 Å². The molecule has 0 unspecified atom stereocenters. The van der Waals surface area contributed by atoms with E-state index in [9.17, 15) is 0 Å². The molecule has 5 nitrogen and oxygen atoms in total. The number of nitrogens with zero attached hydrogens (tertiary/aromatic N) is 3. The Balaban J connectivity index is 1.91. The fourth-order valence-electron chi connectivity index (χ4n) is 2.04. The lowest BCUT2D eigenvalue weighted by Gasteiger charge is -2.05. The molecule has 3 heterocycles. The number of aryl methyl sites for hydroxylation is 2. The SMILES string of the molecule is COc1ccc2nc(N)n(CCc3ccc(Cl)s3)c2n1. The number of anilines is 1. The number of nitrogens with two attached hydrogens (primary N) is 1. The predicted octanol–water partition coefficient (Wildman–Crippen LogP) is 2.98. The summed E-state index contributed by atoms with van der Waals surface area (Å²) in [6, 6.07) is 7.56. The van der Waals surface area contributed by atoms with E-state index < -0.39 is 0 Å². The van der Waals surface area contributed by atoms with Crippen LogP contribution >= 0.6 is 22.9 Å². The summed E-state index contributed by atoms with van der Waals surface area (Å²) >= 11 is 7.51. The average molecular weight is 309 g/mol. The molecule has 3 rings (SSSR count). The third kappa shape index (κ3) is 2.44. The predicted molar refractivity (Wildman–Crippen MR) is 81.5 cm³/mol. The van der Waals surface area contributed by atoms with Crippen molar-refractivity contribution in [2.45, 2.75) is 13.0 Å². The third-order valence-electron chi connectivity index (χ3n) is 3.02. The number of methoxy groups -OCH3 is 1. The standard InChI is InChI=1S/C13H13ClN4OS/c1-19-11-5-3-9-12(17-11)18(13(15)16-9)7-6-8-2-4-10(14)20-8/h2-5H,6-7H2,1H3,(H2,15,16). The second-order valence-electron chi connectivity index (χ2n) is 4.27. The van der Waals surface area contributed by atoms with Crippen LogP contribution in [0.4, 0.5) is 5.95 Å². The number of hydrogen-bond donors (Lipinski definition) is 1. The largest absolute Gasteiger partial charge is 0.481 e. The molecule has 0 radical (unpaired) electrons. The van der Waals surface area contributed by atoms with E-state index in [1.165, 1.54) is 4.88 Å². The van der Waals surface area contributed by atoms with Crippen molar-refractivity contribution in [3.05, 3.63) is 33.5 Å². The monoisotopic (exact) mass is 308 g/mol. The van der Waals surface area contributed by atoms with Crippen LogP contribution in [0.25, 0.3) is 11.2 Å². The quantitative estimate of drug-likeness (QED) is 0.804. The number of rotatable bonds is 4. The van der Waals surface area contributed by atoms with Gasteiger partial charge < -0.3 is 10.5 Å². The van der Waals surface area contributed by atoms with Gasteiger partial charge >= 0.3 is 0 Å². The topological polar surface area (TPSA) is 66.0 Å². The van der Waals surface area contributed by atoms with Crippen LogP contribution in [0.15, 0.2) is 24.3 Å². The number of aromatic nitrogens is 3. The molecule has 0 aromatic carbocycles. The van der Waals surface area contributed by atoms with Crippen LogP contribution in [-0.2, 0) is 13.0 Å². The first kappa shape index (κ1) is 13.2. The van der Waals surface area contributed by atoms with Gasteiger partial charge in [0.1, 0.15) is 5.52 Å². The molecule has 0 amide bonds. The number of imidazole rings is 1. The van der Waals surface area contributed by atoms with E-state index in [0.29, 0.717) is 18.4 Å². The lowest BCUT2D eigenvalue weighted by Crippen LogP contribution is -2.06. The number of hydrogen-bond acceptors (Lipinski definition) is 5. The molecule has 20 heavy (non-hydrogen) atoms. The van der Waals surface area contributed by atoms with Gasteiger partial charge in [-0.2, -0.15) is 4.98 Å². The summed E-state index contributed by atoms with van der Waals surface area (Å²) in [7, 11) is 1.59. The van der Waals surface area contributed by atoms with Gasteiger partial charge in [-0.1, -0.05) is 11.6 Å². The Labute approximate surface area is 125 Å². The minimum Gasteiger partial charge on any atom is -0.481 e. The van der Waals surface area contributed by atoms with Gasteiger partial charge in [-0.15, -0.1) is 11.3 Å². The number of thiophene rings is 1. The summed E-state index contributed by atoms with van der Waals surface area (Å²) in [5.41, 5.74) is 7.47. The van der Waals surface area contributed by atoms with E-state index in [0.717, 1.165) is 21.9 Å². The lowest BCUT2D eigenvalue weighted by molar-refractivity contribution is 0.399. The fourth-order valence-corrected chi connectivity index (χ4v) is 3.12. The zero-order valence-corrected chi connectivity index (χ0v) is 12.4. The molecule has 0 aliphatic heterocycles. The molecule has 3 aromatic heterocycles. The summed E-state index contributed by atoms with van der Waals surface area (Å²) < 4.78 is 7.83. The highest BCUT2D eigenvalue weighted by atomic mass is 35.5. The van der Waals surface area contributed by atoms with Crippen LogP contribution in [-0.4, -0.2) is 21.6 Å². The molecule has 0 saturated heterocycles. The van der Waals surface area contributed by atoms with E-state index >= 15 is 0 Å². The van der Waals surface area contributed by atoms with Crippen molar-refractivity contribution in [3.63, 3.8) is 0 Å². The number of ether oxygens (including phenoxy) is 1. The van der Waals surface area contributed by atoms with Crippen molar-refractivity contribution >= 4 is 40.0 Å². The molecule has 3 aromatic rings. The second kappa shape index (κ2) is 5.30. The molecule has 0 fully saturated rings. The van der Waals surface area contributed by atoms with Crippen molar-refractivity contribution in [1.29, 1.82) is 0 Å². The molecule has 7 heteroatoms. The van der Waals surface area contributed by atoms with Gasteiger partial charge in [-0.05, 0) is 24.6 Å². The molecule has 104 valence electrons. The Kier molecular flexibility index (Phi) is 3.50. The summed E-state index contributed by atoms with van der Waals surface area (Å²) in [5.74, 6) is 1.02. The van der Waals surface area contributed by atoms with Gasteiger partial charge in [0.05, 0.1) is 11.4 Å². The number of nitrogen functional groups attached to an aromatic ring is 1. The van der Waals surface area contributed by atoms with Crippen LogP contribution in [0.2, 0.25) is 4.34 Å². The van der Waals surface area contributed by atoms with Gasteiger partial charge in [0, 0.05) is 17.5 Å².